The highest BCUT2D eigenvalue weighted by molar-refractivity contribution is 7.85. The van der Waals surface area contributed by atoms with E-state index >= 15 is 0 Å². The van der Waals surface area contributed by atoms with Gasteiger partial charge in [-0.25, -0.2) is 4.79 Å². The Morgan fingerprint density at radius 1 is 1.32 bits per heavy atom. The van der Waals surface area contributed by atoms with Gasteiger partial charge in [0, 0.05) is 48.0 Å². The monoisotopic (exact) mass is 279 g/mol. The maximum absolute atomic E-state index is 11.3. The Kier molecular flexibility index (Phi) is 4.87. The third-order valence-corrected chi connectivity index (χ3v) is 4.40. The van der Waals surface area contributed by atoms with Crippen molar-refractivity contribution in [3.63, 3.8) is 0 Å². The molecular formula is C14H17NO3S. The van der Waals surface area contributed by atoms with Gasteiger partial charge in [0.05, 0.1) is 0 Å². The maximum Gasteiger partial charge on any atom is 0.328 e. The van der Waals surface area contributed by atoms with Crippen molar-refractivity contribution >= 4 is 22.8 Å². The molecule has 4 nitrogen and oxygen atoms in total. The highest BCUT2D eigenvalue weighted by atomic mass is 32.2. The summed E-state index contributed by atoms with van der Waals surface area (Å²) in [7, 11) is -0.667. The smallest absolute Gasteiger partial charge is 0.328 e. The largest absolute Gasteiger partial charge is 0.478 e. The van der Waals surface area contributed by atoms with Crippen LogP contribution < -0.4 is 0 Å². The lowest BCUT2D eigenvalue weighted by Crippen LogP contribution is -2.37. The van der Waals surface area contributed by atoms with Gasteiger partial charge in [0.15, 0.2) is 0 Å². The Hall–Kier alpha value is -1.46. The molecule has 0 spiro atoms. The van der Waals surface area contributed by atoms with E-state index in [1.54, 1.807) is 6.08 Å². The van der Waals surface area contributed by atoms with Crippen LogP contribution in [-0.4, -0.2) is 44.8 Å². The van der Waals surface area contributed by atoms with Crippen LogP contribution in [0.4, 0.5) is 0 Å². The molecule has 1 fully saturated rings. The number of nitrogens with zero attached hydrogens (tertiary/aromatic N) is 1. The normalized spacial score (nSPS) is 17.9. The first-order chi connectivity index (χ1) is 9.15. The van der Waals surface area contributed by atoms with E-state index in [0.29, 0.717) is 0 Å². The number of carbonyl (C=O) groups is 1. The van der Waals surface area contributed by atoms with Gasteiger partial charge in [-0.3, -0.25) is 9.11 Å². The van der Waals surface area contributed by atoms with E-state index in [1.165, 1.54) is 0 Å². The van der Waals surface area contributed by atoms with E-state index in [0.717, 1.165) is 48.3 Å². The SMILES string of the molecule is O=C(O)/C=C/c1ccccc1CN1CCS(=O)CC1. The minimum absolute atomic E-state index is 0.667. The van der Waals surface area contributed by atoms with Gasteiger partial charge in [-0.2, -0.15) is 0 Å². The number of carboxylic acid groups (broad SMARTS) is 1. The standard InChI is InChI=1S/C14H17NO3S/c16-14(17)6-5-12-3-1-2-4-13(12)11-15-7-9-19(18)10-8-15/h1-6H,7-11H2,(H,16,17)/b6-5+. The lowest BCUT2D eigenvalue weighted by molar-refractivity contribution is -0.131. The van der Waals surface area contributed by atoms with Crippen LogP contribution in [0.3, 0.4) is 0 Å². The highest BCUT2D eigenvalue weighted by Gasteiger charge is 2.15. The second-order valence-electron chi connectivity index (χ2n) is 4.49. The van der Waals surface area contributed by atoms with Crippen molar-refractivity contribution < 1.29 is 14.1 Å². The summed E-state index contributed by atoms with van der Waals surface area (Å²) < 4.78 is 11.3. The van der Waals surface area contributed by atoms with Crippen molar-refractivity contribution in [2.45, 2.75) is 6.54 Å². The molecule has 1 saturated heterocycles. The van der Waals surface area contributed by atoms with Gasteiger partial charge in [0.1, 0.15) is 0 Å². The molecule has 0 radical (unpaired) electrons. The fourth-order valence-electron chi connectivity index (χ4n) is 2.08. The van der Waals surface area contributed by atoms with E-state index in [9.17, 15) is 9.00 Å². The number of hydrogen-bond acceptors (Lipinski definition) is 3. The summed E-state index contributed by atoms with van der Waals surface area (Å²) in [4.78, 5) is 12.8. The molecule has 1 N–H and O–H groups in total. The molecular weight excluding hydrogens is 262 g/mol. The molecule has 0 bridgehead atoms. The zero-order chi connectivity index (χ0) is 13.7. The Balaban J connectivity index is 2.07. The van der Waals surface area contributed by atoms with Crippen LogP contribution >= 0.6 is 0 Å². The van der Waals surface area contributed by atoms with Crippen LogP contribution in [0, 0.1) is 0 Å². The molecule has 0 unspecified atom stereocenters. The quantitative estimate of drug-likeness (QED) is 0.845. The molecule has 1 aromatic rings. The molecule has 0 atom stereocenters. The molecule has 1 aromatic carbocycles. The molecule has 102 valence electrons. The lowest BCUT2D eigenvalue weighted by Gasteiger charge is -2.26. The number of carboxylic acids is 1. The average molecular weight is 279 g/mol. The number of benzene rings is 1. The van der Waals surface area contributed by atoms with Crippen LogP contribution in [0.15, 0.2) is 30.3 Å². The molecule has 19 heavy (non-hydrogen) atoms. The van der Waals surface area contributed by atoms with Gasteiger partial charge < -0.3 is 5.11 Å². The van der Waals surface area contributed by atoms with Crippen molar-refractivity contribution in [3.8, 4) is 0 Å². The fourth-order valence-corrected chi connectivity index (χ4v) is 3.20. The van der Waals surface area contributed by atoms with E-state index in [4.69, 9.17) is 5.11 Å². The van der Waals surface area contributed by atoms with Gasteiger partial charge in [0.2, 0.25) is 0 Å². The molecule has 1 aliphatic rings. The zero-order valence-electron chi connectivity index (χ0n) is 10.6. The zero-order valence-corrected chi connectivity index (χ0v) is 11.4. The summed E-state index contributed by atoms with van der Waals surface area (Å²) in [6, 6.07) is 7.77. The highest BCUT2D eigenvalue weighted by Crippen LogP contribution is 2.14. The second-order valence-corrected chi connectivity index (χ2v) is 6.19. The molecule has 0 saturated carbocycles. The van der Waals surface area contributed by atoms with Gasteiger partial charge >= 0.3 is 5.97 Å². The first-order valence-electron chi connectivity index (χ1n) is 6.21. The summed E-state index contributed by atoms with van der Waals surface area (Å²) in [5, 5.41) is 8.69. The Bertz CT molecular complexity index is 503. The van der Waals surface area contributed by atoms with Crippen molar-refractivity contribution in [2.75, 3.05) is 24.6 Å². The second kappa shape index (κ2) is 6.63. The van der Waals surface area contributed by atoms with Crippen molar-refractivity contribution in [2.24, 2.45) is 0 Å². The predicted molar refractivity (Wildman–Crippen MR) is 76.3 cm³/mol. The summed E-state index contributed by atoms with van der Waals surface area (Å²) >= 11 is 0. The van der Waals surface area contributed by atoms with Gasteiger partial charge in [0.25, 0.3) is 0 Å². The van der Waals surface area contributed by atoms with E-state index in [1.807, 2.05) is 24.3 Å². The van der Waals surface area contributed by atoms with E-state index in [2.05, 4.69) is 4.90 Å². The molecule has 1 heterocycles. The summed E-state index contributed by atoms with van der Waals surface area (Å²) in [5.74, 6) is 0.517. The van der Waals surface area contributed by atoms with Crippen LogP contribution in [0.2, 0.25) is 0 Å². The molecule has 1 aliphatic heterocycles. The topological polar surface area (TPSA) is 57.6 Å². The summed E-state index contributed by atoms with van der Waals surface area (Å²) in [5.41, 5.74) is 2.03. The third kappa shape index (κ3) is 4.29. The van der Waals surface area contributed by atoms with Gasteiger partial charge in [-0.15, -0.1) is 0 Å². The van der Waals surface area contributed by atoms with Crippen molar-refractivity contribution in [1.82, 2.24) is 4.90 Å². The molecule has 0 aliphatic carbocycles. The number of hydrogen-bond donors (Lipinski definition) is 1. The van der Waals surface area contributed by atoms with Crippen molar-refractivity contribution in [3.05, 3.63) is 41.5 Å². The van der Waals surface area contributed by atoms with Crippen LogP contribution in [0.5, 0.6) is 0 Å². The fraction of sp³-hybridized carbons (Fsp3) is 0.357. The molecule has 0 aromatic heterocycles. The Morgan fingerprint density at radius 2 is 2.00 bits per heavy atom. The Labute approximate surface area is 115 Å². The first-order valence-corrected chi connectivity index (χ1v) is 7.70. The minimum Gasteiger partial charge on any atom is -0.478 e. The van der Waals surface area contributed by atoms with E-state index < -0.39 is 16.8 Å². The van der Waals surface area contributed by atoms with Gasteiger partial charge in [-0.1, -0.05) is 24.3 Å². The third-order valence-electron chi connectivity index (χ3n) is 3.12. The summed E-state index contributed by atoms with van der Waals surface area (Å²) in [6.45, 7) is 2.45. The summed E-state index contributed by atoms with van der Waals surface area (Å²) in [6.07, 6.45) is 2.78. The van der Waals surface area contributed by atoms with Crippen LogP contribution in [-0.2, 0) is 22.1 Å². The first kappa shape index (κ1) is 14.0. The number of rotatable bonds is 4. The molecule has 5 heteroatoms. The molecule has 0 amide bonds. The Morgan fingerprint density at radius 3 is 2.68 bits per heavy atom. The molecule has 2 rings (SSSR count). The average Bonchev–Trinajstić information content (AvgIpc) is 2.40. The lowest BCUT2D eigenvalue weighted by atomic mass is 10.1. The van der Waals surface area contributed by atoms with E-state index in [-0.39, 0.29) is 0 Å². The van der Waals surface area contributed by atoms with Crippen molar-refractivity contribution in [1.29, 1.82) is 0 Å². The predicted octanol–water partition coefficient (Wildman–Crippen LogP) is 1.35. The van der Waals surface area contributed by atoms with Gasteiger partial charge in [-0.05, 0) is 17.2 Å². The number of aliphatic carboxylic acids is 1. The van der Waals surface area contributed by atoms with Crippen LogP contribution in [0.1, 0.15) is 11.1 Å². The minimum atomic E-state index is -0.942. The maximum atomic E-state index is 11.3. The van der Waals surface area contributed by atoms with Crippen LogP contribution in [0.25, 0.3) is 6.08 Å².